The molecule has 1 aromatic carbocycles. The molecule has 1 aromatic rings. The predicted molar refractivity (Wildman–Crippen MR) is 61.0 cm³/mol. The van der Waals surface area contributed by atoms with Crippen LogP contribution in [-0.2, 0) is 4.79 Å². The van der Waals surface area contributed by atoms with E-state index >= 15 is 0 Å². The minimum Gasteiger partial charge on any atom is -0.426 e. The summed E-state index contributed by atoms with van der Waals surface area (Å²) in [5.74, 6) is 0.497. The molecule has 2 heteroatoms. The van der Waals surface area contributed by atoms with Gasteiger partial charge in [0.25, 0.3) is 0 Å². The van der Waals surface area contributed by atoms with Gasteiger partial charge in [0.05, 0.1) is 5.92 Å². The van der Waals surface area contributed by atoms with E-state index in [4.69, 9.17) is 4.74 Å². The van der Waals surface area contributed by atoms with Crippen LogP contribution >= 0.6 is 0 Å². The van der Waals surface area contributed by atoms with E-state index in [1.54, 1.807) is 0 Å². The van der Waals surface area contributed by atoms with Crippen LogP contribution < -0.4 is 4.74 Å². The largest absolute Gasteiger partial charge is 0.426 e. The number of rotatable bonds is 3. The average molecular weight is 206 g/mol. The molecule has 0 spiro atoms. The Morgan fingerprint density at radius 1 is 1.40 bits per heavy atom. The highest BCUT2D eigenvalue weighted by molar-refractivity contribution is 5.75. The fraction of sp³-hybridized carbons (Fsp3) is 0.462. The van der Waals surface area contributed by atoms with Gasteiger partial charge in [0.15, 0.2) is 0 Å². The molecule has 1 atom stereocenters. The maximum Gasteiger partial charge on any atom is 0.314 e. The van der Waals surface area contributed by atoms with E-state index in [2.05, 4.69) is 0 Å². The van der Waals surface area contributed by atoms with Crippen LogP contribution in [0.1, 0.15) is 31.4 Å². The number of carbonyl (C=O) groups excluding carboxylic acids is 1. The molecule has 82 valence electrons. The Labute approximate surface area is 91.3 Å². The lowest BCUT2D eigenvalue weighted by Crippen LogP contribution is -2.17. The van der Waals surface area contributed by atoms with Crippen LogP contribution in [0.2, 0.25) is 0 Å². The van der Waals surface area contributed by atoms with Crippen molar-refractivity contribution in [1.82, 2.24) is 0 Å². The molecule has 15 heavy (non-hydrogen) atoms. The number of ether oxygens (including phenoxy) is 1. The Hall–Kier alpha value is -1.31. The van der Waals surface area contributed by atoms with Gasteiger partial charge >= 0.3 is 5.97 Å². The molecule has 0 saturated heterocycles. The van der Waals surface area contributed by atoms with Crippen molar-refractivity contribution in [2.75, 3.05) is 0 Å². The molecule has 0 N–H and O–H groups in total. The number of hydrogen-bond donors (Lipinski definition) is 0. The molecule has 0 saturated carbocycles. The second-order valence-electron chi connectivity index (χ2n) is 4.00. The first-order valence-corrected chi connectivity index (χ1v) is 5.33. The standard InChI is InChI=1S/C13H18O2/c1-5-10(3)13(14)15-12-8-9(2)6-7-11(12)4/h6-8,10H,5H2,1-4H3. The first-order chi connectivity index (χ1) is 7.04. The van der Waals surface area contributed by atoms with Gasteiger partial charge in [0.1, 0.15) is 5.75 Å². The summed E-state index contributed by atoms with van der Waals surface area (Å²) in [6.07, 6.45) is 0.809. The fourth-order valence-corrected chi connectivity index (χ4v) is 1.19. The Morgan fingerprint density at radius 3 is 2.67 bits per heavy atom. The van der Waals surface area contributed by atoms with Crippen molar-refractivity contribution in [3.8, 4) is 5.75 Å². The smallest absolute Gasteiger partial charge is 0.314 e. The SMILES string of the molecule is CCC(C)C(=O)Oc1cc(C)ccc1C. The molecular weight excluding hydrogens is 188 g/mol. The Kier molecular flexibility index (Phi) is 3.89. The third-order valence-electron chi connectivity index (χ3n) is 2.57. The molecule has 1 unspecified atom stereocenters. The van der Waals surface area contributed by atoms with E-state index in [0.717, 1.165) is 17.5 Å². The highest BCUT2D eigenvalue weighted by Gasteiger charge is 2.13. The zero-order chi connectivity index (χ0) is 11.4. The zero-order valence-electron chi connectivity index (χ0n) is 9.83. The molecule has 0 radical (unpaired) electrons. The van der Waals surface area contributed by atoms with E-state index in [0.29, 0.717) is 5.75 Å². The van der Waals surface area contributed by atoms with Gasteiger partial charge in [0, 0.05) is 0 Å². The number of carbonyl (C=O) groups is 1. The van der Waals surface area contributed by atoms with Crippen molar-refractivity contribution >= 4 is 5.97 Å². The predicted octanol–water partition coefficient (Wildman–Crippen LogP) is 3.25. The number of aryl methyl sites for hydroxylation is 2. The quantitative estimate of drug-likeness (QED) is 0.560. The third-order valence-corrected chi connectivity index (χ3v) is 2.57. The summed E-state index contributed by atoms with van der Waals surface area (Å²) in [6.45, 7) is 7.79. The minimum absolute atomic E-state index is 0.0371. The first-order valence-electron chi connectivity index (χ1n) is 5.33. The maximum atomic E-state index is 11.6. The maximum absolute atomic E-state index is 11.6. The van der Waals surface area contributed by atoms with Crippen LogP contribution in [0, 0.1) is 19.8 Å². The van der Waals surface area contributed by atoms with Crippen LogP contribution in [0.25, 0.3) is 0 Å². The van der Waals surface area contributed by atoms with Crippen molar-refractivity contribution in [3.05, 3.63) is 29.3 Å². The van der Waals surface area contributed by atoms with Crippen molar-refractivity contribution in [3.63, 3.8) is 0 Å². The van der Waals surface area contributed by atoms with E-state index in [1.165, 1.54) is 0 Å². The van der Waals surface area contributed by atoms with Crippen molar-refractivity contribution in [2.24, 2.45) is 5.92 Å². The molecule has 0 fully saturated rings. The summed E-state index contributed by atoms with van der Waals surface area (Å²) in [7, 11) is 0. The lowest BCUT2D eigenvalue weighted by atomic mass is 10.1. The molecule has 0 amide bonds. The Morgan fingerprint density at radius 2 is 2.07 bits per heavy atom. The van der Waals surface area contributed by atoms with Gasteiger partial charge in [-0.05, 0) is 37.5 Å². The van der Waals surface area contributed by atoms with Crippen LogP contribution in [0.5, 0.6) is 5.75 Å². The lowest BCUT2D eigenvalue weighted by molar-refractivity contribution is -0.138. The molecule has 0 heterocycles. The van der Waals surface area contributed by atoms with Gasteiger partial charge in [-0.25, -0.2) is 0 Å². The van der Waals surface area contributed by atoms with Crippen molar-refractivity contribution in [1.29, 1.82) is 0 Å². The molecule has 0 aliphatic heterocycles. The Bertz CT molecular complexity index is 356. The van der Waals surface area contributed by atoms with E-state index in [9.17, 15) is 4.79 Å². The molecule has 2 nitrogen and oxygen atoms in total. The molecular formula is C13H18O2. The summed E-state index contributed by atoms with van der Waals surface area (Å²) in [5, 5.41) is 0. The molecule has 0 aromatic heterocycles. The number of benzene rings is 1. The monoisotopic (exact) mass is 206 g/mol. The van der Waals surface area contributed by atoms with Gasteiger partial charge in [-0.2, -0.15) is 0 Å². The molecule has 0 aliphatic carbocycles. The second-order valence-corrected chi connectivity index (χ2v) is 4.00. The second kappa shape index (κ2) is 4.96. The zero-order valence-corrected chi connectivity index (χ0v) is 9.83. The van der Waals surface area contributed by atoms with E-state index in [-0.39, 0.29) is 11.9 Å². The summed E-state index contributed by atoms with van der Waals surface area (Å²) >= 11 is 0. The van der Waals surface area contributed by atoms with Crippen LogP contribution in [0.4, 0.5) is 0 Å². The van der Waals surface area contributed by atoms with Crippen LogP contribution in [0.15, 0.2) is 18.2 Å². The average Bonchev–Trinajstić information content (AvgIpc) is 2.22. The van der Waals surface area contributed by atoms with Gasteiger partial charge < -0.3 is 4.74 Å². The fourth-order valence-electron chi connectivity index (χ4n) is 1.19. The minimum atomic E-state index is -0.147. The lowest BCUT2D eigenvalue weighted by Gasteiger charge is -2.11. The number of hydrogen-bond acceptors (Lipinski definition) is 2. The van der Waals surface area contributed by atoms with Gasteiger partial charge in [0.2, 0.25) is 0 Å². The molecule has 1 rings (SSSR count). The van der Waals surface area contributed by atoms with E-state index < -0.39 is 0 Å². The summed E-state index contributed by atoms with van der Waals surface area (Å²) in [5.41, 5.74) is 2.10. The Balaban J connectivity index is 2.80. The molecule has 0 bridgehead atoms. The van der Waals surface area contributed by atoms with Crippen molar-refractivity contribution < 1.29 is 9.53 Å². The highest BCUT2D eigenvalue weighted by Crippen LogP contribution is 2.20. The summed E-state index contributed by atoms with van der Waals surface area (Å²) in [6, 6.07) is 5.88. The van der Waals surface area contributed by atoms with Crippen molar-refractivity contribution in [2.45, 2.75) is 34.1 Å². The number of esters is 1. The van der Waals surface area contributed by atoms with Gasteiger partial charge in [-0.15, -0.1) is 0 Å². The van der Waals surface area contributed by atoms with E-state index in [1.807, 2.05) is 45.9 Å². The summed E-state index contributed by atoms with van der Waals surface area (Å²) < 4.78 is 5.34. The normalized spacial score (nSPS) is 12.3. The summed E-state index contributed by atoms with van der Waals surface area (Å²) in [4.78, 5) is 11.6. The first kappa shape index (κ1) is 11.8. The van der Waals surface area contributed by atoms with Crippen LogP contribution in [0.3, 0.4) is 0 Å². The topological polar surface area (TPSA) is 26.3 Å². The van der Waals surface area contributed by atoms with Gasteiger partial charge in [-0.1, -0.05) is 26.0 Å². The van der Waals surface area contributed by atoms with Gasteiger partial charge in [-0.3, -0.25) is 4.79 Å². The van der Waals surface area contributed by atoms with Crippen LogP contribution in [-0.4, -0.2) is 5.97 Å². The molecule has 0 aliphatic rings. The third kappa shape index (κ3) is 3.08. The highest BCUT2D eigenvalue weighted by atomic mass is 16.5.